The highest BCUT2D eigenvalue weighted by molar-refractivity contribution is 7.99. The van der Waals surface area contributed by atoms with Crippen LogP contribution in [0.1, 0.15) is 21.6 Å². The van der Waals surface area contributed by atoms with Crippen LogP contribution in [0.2, 0.25) is 0 Å². The van der Waals surface area contributed by atoms with Crippen LogP contribution in [0.4, 0.5) is 5.69 Å². The number of pyridine rings is 1. The monoisotopic (exact) mass is 301 g/mol. The van der Waals surface area contributed by atoms with Crippen LogP contribution in [0.3, 0.4) is 0 Å². The fourth-order valence-corrected chi connectivity index (χ4v) is 3.01. The Morgan fingerprint density at radius 1 is 1.19 bits per heavy atom. The first-order valence-corrected chi connectivity index (χ1v) is 7.43. The van der Waals surface area contributed by atoms with Gasteiger partial charge in [0.25, 0.3) is 5.91 Å². The molecule has 0 bridgehead atoms. The summed E-state index contributed by atoms with van der Waals surface area (Å²) in [4.78, 5) is 18.9. The number of rotatable bonds is 3. The third-order valence-corrected chi connectivity index (χ3v) is 3.95. The van der Waals surface area contributed by atoms with Gasteiger partial charge in [0.2, 0.25) is 0 Å². The van der Waals surface area contributed by atoms with Crippen molar-refractivity contribution in [1.82, 2.24) is 9.88 Å². The number of nitrogens with two attached hydrogens (primary N) is 1. The average molecular weight is 301 g/mol. The van der Waals surface area contributed by atoms with Crippen LogP contribution in [0.5, 0.6) is 0 Å². The van der Waals surface area contributed by atoms with Crippen molar-refractivity contribution < 1.29 is 4.79 Å². The Bertz CT molecular complexity index is 663. The van der Waals surface area contributed by atoms with Gasteiger partial charge in [0, 0.05) is 35.9 Å². The summed E-state index contributed by atoms with van der Waals surface area (Å²) < 4.78 is 0. The molecule has 0 atom stereocenters. The molecule has 21 heavy (non-hydrogen) atoms. The van der Waals surface area contributed by atoms with E-state index in [9.17, 15) is 4.79 Å². The van der Waals surface area contributed by atoms with Gasteiger partial charge >= 0.3 is 0 Å². The molecule has 0 unspecified atom stereocenters. The second-order valence-corrected chi connectivity index (χ2v) is 6.24. The minimum Gasteiger partial charge on any atom is -0.398 e. The van der Waals surface area contributed by atoms with E-state index in [0.29, 0.717) is 11.3 Å². The number of carbonyl (C=O) groups excluding carboxylic acids is 1. The molecule has 1 amide bonds. The number of nitrogen functional groups attached to an aromatic ring is 1. The maximum Gasteiger partial charge on any atom is 0.253 e. The van der Waals surface area contributed by atoms with Crippen molar-refractivity contribution in [3.63, 3.8) is 0 Å². The van der Waals surface area contributed by atoms with E-state index in [0.717, 1.165) is 21.2 Å². The van der Waals surface area contributed by atoms with Crippen molar-refractivity contribution in [3.05, 3.63) is 47.2 Å². The number of hydrogen-bond donors (Lipinski definition) is 1. The van der Waals surface area contributed by atoms with E-state index < -0.39 is 0 Å². The van der Waals surface area contributed by atoms with Crippen molar-refractivity contribution in [3.8, 4) is 0 Å². The largest absolute Gasteiger partial charge is 0.398 e. The van der Waals surface area contributed by atoms with E-state index in [1.54, 1.807) is 31.1 Å². The maximum absolute atomic E-state index is 12.0. The molecule has 0 radical (unpaired) electrons. The molecule has 0 aliphatic heterocycles. The Labute approximate surface area is 129 Å². The van der Waals surface area contributed by atoms with E-state index in [2.05, 4.69) is 4.98 Å². The number of anilines is 1. The predicted octanol–water partition coefficient (Wildman–Crippen LogP) is 3.13. The van der Waals surface area contributed by atoms with Crippen LogP contribution in [0.15, 0.2) is 40.3 Å². The van der Waals surface area contributed by atoms with Crippen LogP contribution in [0, 0.1) is 13.8 Å². The molecular formula is C16H19N3OS. The molecule has 0 aliphatic rings. The van der Waals surface area contributed by atoms with Crippen molar-refractivity contribution in [1.29, 1.82) is 0 Å². The summed E-state index contributed by atoms with van der Waals surface area (Å²) in [5, 5.41) is 0.883. The van der Waals surface area contributed by atoms with Crippen molar-refractivity contribution in [2.75, 3.05) is 19.8 Å². The molecule has 0 saturated carbocycles. The summed E-state index contributed by atoms with van der Waals surface area (Å²) in [6.45, 7) is 4.00. The average Bonchev–Trinajstić information content (AvgIpc) is 2.39. The van der Waals surface area contributed by atoms with Gasteiger partial charge in [0.05, 0.1) is 0 Å². The summed E-state index contributed by atoms with van der Waals surface area (Å²) in [5.74, 6) is -0.0368. The van der Waals surface area contributed by atoms with Gasteiger partial charge in [-0.15, -0.1) is 0 Å². The normalized spacial score (nSPS) is 10.5. The second-order valence-electron chi connectivity index (χ2n) is 5.18. The van der Waals surface area contributed by atoms with Crippen molar-refractivity contribution in [2.24, 2.45) is 0 Å². The van der Waals surface area contributed by atoms with Gasteiger partial charge in [0.1, 0.15) is 5.03 Å². The Morgan fingerprint density at radius 3 is 2.52 bits per heavy atom. The molecule has 110 valence electrons. The van der Waals surface area contributed by atoms with Crippen LogP contribution in [0.25, 0.3) is 0 Å². The lowest BCUT2D eigenvalue weighted by molar-refractivity contribution is 0.0827. The van der Waals surface area contributed by atoms with E-state index in [4.69, 9.17) is 5.73 Å². The van der Waals surface area contributed by atoms with Crippen LogP contribution >= 0.6 is 11.8 Å². The van der Waals surface area contributed by atoms with Gasteiger partial charge in [-0.3, -0.25) is 4.79 Å². The van der Waals surface area contributed by atoms with E-state index in [-0.39, 0.29) is 5.91 Å². The van der Waals surface area contributed by atoms with Crippen molar-refractivity contribution >= 4 is 23.4 Å². The Morgan fingerprint density at radius 2 is 1.90 bits per heavy atom. The molecule has 0 saturated heterocycles. The standard InChI is InChI=1S/C16H19N3OS/c1-10-7-11(2)18-15(8-10)21-14-9-12(5-6-13(14)17)16(20)19(3)4/h5-9H,17H2,1-4H3. The first kappa shape index (κ1) is 15.4. The molecule has 1 heterocycles. The van der Waals surface area contributed by atoms with E-state index >= 15 is 0 Å². The van der Waals surface area contributed by atoms with Crippen molar-refractivity contribution in [2.45, 2.75) is 23.8 Å². The number of benzene rings is 1. The number of hydrogen-bond acceptors (Lipinski definition) is 4. The number of amides is 1. The molecule has 4 nitrogen and oxygen atoms in total. The van der Waals surface area contributed by atoms with Gasteiger partial charge in [0.15, 0.2) is 0 Å². The smallest absolute Gasteiger partial charge is 0.253 e. The molecule has 5 heteroatoms. The first-order valence-electron chi connectivity index (χ1n) is 6.61. The van der Waals surface area contributed by atoms with E-state index in [1.807, 2.05) is 32.0 Å². The summed E-state index contributed by atoms with van der Waals surface area (Å²) in [5.41, 5.74) is 9.42. The zero-order valence-corrected chi connectivity index (χ0v) is 13.5. The van der Waals surface area contributed by atoms with Gasteiger partial charge in [-0.1, -0.05) is 11.8 Å². The zero-order chi connectivity index (χ0) is 15.6. The third-order valence-electron chi connectivity index (χ3n) is 2.96. The number of carbonyl (C=O) groups is 1. The molecule has 1 aromatic carbocycles. The minimum atomic E-state index is -0.0368. The zero-order valence-electron chi connectivity index (χ0n) is 12.7. The SMILES string of the molecule is Cc1cc(C)nc(Sc2cc(C(=O)N(C)C)ccc2N)c1. The van der Waals surface area contributed by atoms with Crippen LogP contribution in [-0.2, 0) is 0 Å². The lowest BCUT2D eigenvalue weighted by Crippen LogP contribution is -2.21. The van der Waals surface area contributed by atoms with Gasteiger partial charge < -0.3 is 10.6 Å². The molecular weight excluding hydrogens is 282 g/mol. The summed E-state index contributed by atoms with van der Waals surface area (Å²) in [6.07, 6.45) is 0. The quantitative estimate of drug-likeness (QED) is 0.885. The molecule has 0 fully saturated rings. The topological polar surface area (TPSA) is 59.2 Å². The number of aromatic nitrogens is 1. The summed E-state index contributed by atoms with van der Waals surface area (Å²) in [7, 11) is 3.47. The number of nitrogens with zero attached hydrogens (tertiary/aromatic N) is 2. The molecule has 2 aromatic rings. The Kier molecular flexibility index (Phi) is 4.53. The Hall–Kier alpha value is -2.01. The van der Waals surface area contributed by atoms with Gasteiger partial charge in [-0.25, -0.2) is 4.98 Å². The van der Waals surface area contributed by atoms with Gasteiger partial charge in [-0.05, 0) is 49.7 Å². The van der Waals surface area contributed by atoms with Gasteiger partial charge in [-0.2, -0.15) is 0 Å². The highest BCUT2D eigenvalue weighted by Crippen LogP contribution is 2.32. The molecule has 1 aromatic heterocycles. The first-order chi connectivity index (χ1) is 9.86. The third kappa shape index (κ3) is 3.76. The molecule has 2 rings (SSSR count). The summed E-state index contributed by atoms with van der Waals surface area (Å²) in [6, 6.07) is 9.37. The summed E-state index contributed by atoms with van der Waals surface area (Å²) >= 11 is 1.48. The Balaban J connectivity index is 2.35. The number of aryl methyl sites for hydroxylation is 2. The molecule has 0 spiro atoms. The highest BCUT2D eigenvalue weighted by Gasteiger charge is 2.11. The molecule has 2 N–H and O–H groups in total. The highest BCUT2D eigenvalue weighted by atomic mass is 32.2. The minimum absolute atomic E-state index is 0.0368. The fraction of sp³-hybridized carbons (Fsp3) is 0.250. The second kappa shape index (κ2) is 6.18. The van der Waals surface area contributed by atoms with Crippen LogP contribution < -0.4 is 5.73 Å². The lowest BCUT2D eigenvalue weighted by Gasteiger charge is -2.12. The fourth-order valence-electron chi connectivity index (χ4n) is 1.98. The maximum atomic E-state index is 12.0. The van der Waals surface area contributed by atoms with Crippen LogP contribution in [-0.4, -0.2) is 29.9 Å². The van der Waals surface area contributed by atoms with E-state index in [1.165, 1.54) is 11.8 Å². The lowest BCUT2D eigenvalue weighted by atomic mass is 10.2. The molecule has 0 aliphatic carbocycles. The predicted molar refractivity (Wildman–Crippen MR) is 86.7 cm³/mol.